The van der Waals surface area contributed by atoms with Crippen LogP contribution in [0.25, 0.3) is 0 Å². The Morgan fingerprint density at radius 3 is 2.40 bits per heavy atom. The Morgan fingerprint density at radius 2 is 1.76 bits per heavy atom. The van der Waals surface area contributed by atoms with Crippen LogP contribution < -0.4 is 5.32 Å². The third kappa shape index (κ3) is 5.26. The Bertz CT molecular complexity index is 759. The van der Waals surface area contributed by atoms with Crippen LogP contribution in [-0.4, -0.2) is 40.8 Å². The van der Waals surface area contributed by atoms with E-state index in [0.717, 1.165) is 5.56 Å². The van der Waals surface area contributed by atoms with Crippen molar-refractivity contribution in [3.8, 4) is 0 Å². The molecule has 2 amide bonds. The molecular weight excluding hydrogens is 320 g/mol. The Labute approximate surface area is 146 Å². The zero-order chi connectivity index (χ0) is 18.2. The van der Waals surface area contributed by atoms with Crippen molar-refractivity contribution >= 4 is 23.3 Å². The Balaban J connectivity index is 2.09. The summed E-state index contributed by atoms with van der Waals surface area (Å²) in [6.07, 6.45) is 0. The van der Waals surface area contributed by atoms with Crippen molar-refractivity contribution in [2.45, 2.75) is 13.5 Å². The lowest BCUT2D eigenvalue weighted by Gasteiger charge is -2.21. The van der Waals surface area contributed by atoms with Crippen molar-refractivity contribution in [3.63, 3.8) is 0 Å². The third-order valence-corrected chi connectivity index (χ3v) is 3.59. The van der Waals surface area contributed by atoms with Crippen LogP contribution >= 0.6 is 0 Å². The molecule has 0 aliphatic heterocycles. The van der Waals surface area contributed by atoms with Crippen molar-refractivity contribution in [1.29, 1.82) is 0 Å². The van der Waals surface area contributed by atoms with E-state index in [1.165, 1.54) is 17.9 Å². The van der Waals surface area contributed by atoms with Gasteiger partial charge in [-0.25, -0.2) is 0 Å². The molecule has 0 saturated heterocycles. The summed E-state index contributed by atoms with van der Waals surface area (Å²) in [4.78, 5) is 37.3. The highest BCUT2D eigenvalue weighted by Gasteiger charge is 2.22. The fourth-order valence-corrected chi connectivity index (χ4v) is 2.32. The maximum atomic E-state index is 12.4. The molecule has 0 bridgehead atoms. The Kier molecular flexibility index (Phi) is 6.42. The number of nitrogens with zero attached hydrogens (tertiary/aromatic N) is 1. The molecule has 0 aliphatic carbocycles. The molecule has 0 heterocycles. The van der Waals surface area contributed by atoms with Gasteiger partial charge in [0.25, 0.3) is 0 Å². The summed E-state index contributed by atoms with van der Waals surface area (Å²) in [5.41, 5.74) is 1.67. The number of carbonyl (C=O) groups is 3. The van der Waals surface area contributed by atoms with Crippen molar-refractivity contribution in [3.05, 3.63) is 65.7 Å². The highest BCUT2D eigenvalue weighted by molar-refractivity contribution is 6.39. The largest absolute Gasteiger partial charge is 0.395 e. The van der Waals surface area contributed by atoms with Crippen LogP contribution in [0.2, 0.25) is 0 Å². The molecule has 6 heteroatoms. The summed E-state index contributed by atoms with van der Waals surface area (Å²) in [5, 5.41) is 11.7. The summed E-state index contributed by atoms with van der Waals surface area (Å²) in [5.74, 6) is -1.69. The smallest absolute Gasteiger partial charge is 0.313 e. The average Bonchev–Trinajstić information content (AvgIpc) is 2.61. The second-order valence-corrected chi connectivity index (χ2v) is 5.53. The second kappa shape index (κ2) is 8.75. The monoisotopic (exact) mass is 340 g/mol. The van der Waals surface area contributed by atoms with Crippen LogP contribution in [-0.2, 0) is 16.1 Å². The molecule has 0 saturated carbocycles. The predicted molar refractivity (Wildman–Crippen MR) is 94.0 cm³/mol. The number of aliphatic hydroxyl groups excluding tert-OH is 1. The molecule has 2 aromatic carbocycles. The molecule has 25 heavy (non-hydrogen) atoms. The van der Waals surface area contributed by atoms with Gasteiger partial charge in [0, 0.05) is 24.3 Å². The highest BCUT2D eigenvalue weighted by atomic mass is 16.3. The van der Waals surface area contributed by atoms with Crippen molar-refractivity contribution in [2.24, 2.45) is 0 Å². The summed E-state index contributed by atoms with van der Waals surface area (Å²) in [6, 6.07) is 15.6. The zero-order valence-corrected chi connectivity index (χ0v) is 13.9. The number of amides is 2. The first kappa shape index (κ1) is 18.4. The summed E-state index contributed by atoms with van der Waals surface area (Å²) < 4.78 is 0. The molecule has 0 spiro atoms. The standard InChI is InChI=1S/C19H20N2O4/c1-14(23)16-8-5-9-17(12-16)20-18(24)19(25)21(10-11-22)13-15-6-3-2-4-7-15/h2-9,12,22H,10-11,13H2,1H3,(H,20,24). The van der Waals surface area contributed by atoms with Gasteiger partial charge in [-0.2, -0.15) is 0 Å². The lowest BCUT2D eigenvalue weighted by Crippen LogP contribution is -2.40. The number of aliphatic hydroxyl groups is 1. The van der Waals surface area contributed by atoms with Gasteiger partial charge < -0.3 is 15.3 Å². The van der Waals surface area contributed by atoms with Gasteiger partial charge in [0.15, 0.2) is 5.78 Å². The van der Waals surface area contributed by atoms with Gasteiger partial charge in [0.05, 0.1) is 6.61 Å². The second-order valence-electron chi connectivity index (χ2n) is 5.53. The minimum Gasteiger partial charge on any atom is -0.395 e. The number of Topliss-reactive ketones (excluding diaryl/α,β-unsaturated/α-hetero) is 1. The number of rotatable bonds is 6. The Morgan fingerprint density at radius 1 is 1.04 bits per heavy atom. The fourth-order valence-electron chi connectivity index (χ4n) is 2.32. The first-order valence-electron chi connectivity index (χ1n) is 7.87. The van der Waals surface area contributed by atoms with Gasteiger partial charge in [-0.1, -0.05) is 42.5 Å². The van der Waals surface area contributed by atoms with Gasteiger partial charge in [-0.05, 0) is 24.6 Å². The molecule has 130 valence electrons. The van der Waals surface area contributed by atoms with Gasteiger partial charge in [0.2, 0.25) is 0 Å². The molecule has 0 aromatic heterocycles. The topological polar surface area (TPSA) is 86.7 Å². The molecule has 0 fully saturated rings. The quantitative estimate of drug-likeness (QED) is 0.621. The SMILES string of the molecule is CC(=O)c1cccc(NC(=O)C(=O)N(CCO)Cc2ccccc2)c1. The van der Waals surface area contributed by atoms with Crippen LogP contribution in [0, 0.1) is 0 Å². The summed E-state index contributed by atoms with van der Waals surface area (Å²) in [6.45, 7) is 1.45. The van der Waals surface area contributed by atoms with E-state index >= 15 is 0 Å². The van der Waals surface area contributed by atoms with E-state index in [2.05, 4.69) is 5.32 Å². The lowest BCUT2D eigenvalue weighted by atomic mass is 10.1. The van der Waals surface area contributed by atoms with E-state index in [0.29, 0.717) is 11.3 Å². The van der Waals surface area contributed by atoms with Gasteiger partial charge in [-0.15, -0.1) is 0 Å². The number of ketones is 1. The lowest BCUT2D eigenvalue weighted by molar-refractivity contribution is -0.143. The van der Waals surface area contributed by atoms with Crippen molar-refractivity contribution in [1.82, 2.24) is 4.90 Å². The van der Waals surface area contributed by atoms with Gasteiger partial charge in [-0.3, -0.25) is 14.4 Å². The number of anilines is 1. The number of hydrogen-bond donors (Lipinski definition) is 2. The number of benzene rings is 2. The zero-order valence-electron chi connectivity index (χ0n) is 13.9. The van der Waals surface area contributed by atoms with Crippen LogP contribution in [0.4, 0.5) is 5.69 Å². The molecule has 6 nitrogen and oxygen atoms in total. The van der Waals surface area contributed by atoms with E-state index in [9.17, 15) is 14.4 Å². The first-order valence-corrected chi connectivity index (χ1v) is 7.87. The van der Waals surface area contributed by atoms with E-state index < -0.39 is 11.8 Å². The summed E-state index contributed by atoms with van der Waals surface area (Å²) >= 11 is 0. The normalized spacial score (nSPS) is 10.2. The fraction of sp³-hybridized carbons (Fsp3) is 0.211. The van der Waals surface area contributed by atoms with Crippen LogP contribution in [0.1, 0.15) is 22.8 Å². The highest BCUT2D eigenvalue weighted by Crippen LogP contribution is 2.12. The van der Waals surface area contributed by atoms with Crippen LogP contribution in [0.3, 0.4) is 0 Å². The maximum Gasteiger partial charge on any atom is 0.313 e. The number of carbonyl (C=O) groups excluding carboxylic acids is 3. The van der Waals surface area contributed by atoms with Crippen LogP contribution in [0.5, 0.6) is 0 Å². The van der Waals surface area contributed by atoms with Crippen LogP contribution in [0.15, 0.2) is 54.6 Å². The Hall–Kier alpha value is -2.99. The predicted octanol–water partition coefficient (Wildman–Crippen LogP) is 1.85. The molecule has 2 N–H and O–H groups in total. The minimum atomic E-state index is -0.815. The number of hydrogen-bond acceptors (Lipinski definition) is 4. The van der Waals surface area contributed by atoms with Gasteiger partial charge >= 0.3 is 11.8 Å². The first-order chi connectivity index (χ1) is 12.0. The number of nitrogens with one attached hydrogen (secondary N) is 1. The van der Waals surface area contributed by atoms with Gasteiger partial charge in [0.1, 0.15) is 0 Å². The minimum absolute atomic E-state index is 0.0502. The van der Waals surface area contributed by atoms with Crippen molar-refractivity contribution < 1.29 is 19.5 Å². The molecule has 0 atom stereocenters. The molecule has 0 radical (unpaired) electrons. The molecular formula is C19H20N2O4. The van der Waals surface area contributed by atoms with E-state index in [-0.39, 0.29) is 25.5 Å². The molecule has 2 rings (SSSR count). The molecule has 2 aromatic rings. The molecule has 0 aliphatic rings. The molecule has 0 unspecified atom stereocenters. The summed E-state index contributed by atoms with van der Waals surface area (Å²) in [7, 11) is 0. The third-order valence-electron chi connectivity index (χ3n) is 3.59. The van der Waals surface area contributed by atoms with E-state index in [1.54, 1.807) is 18.2 Å². The maximum absolute atomic E-state index is 12.4. The van der Waals surface area contributed by atoms with Crippen molar-refractivity contribution in [2.75, 3.05) is 18.5 Å². The van der Waals surface area contributed by atoms with E-state index in [4.69, 9.17) is 5.11 Å². The van der Waals surface area contributed by atoms with E-state index in [1.807, 2.05) is 30.3 Å². The average molecular weight is 340 g/mol.